The zero-order chi connectivity index (χ0) is 13.1. The monoisotopic (exact) mass is 249 g/mol. The van der Waals surface area contributed by atoms with Crippen LogP contribution in [0.1, 0.15) is 27.6 Å². The van der Waals surface area contributed by atoms with E-state index in [9.17, 15) is 9.59 Å². The number of carbonyl (C=O) groups is 2. The number of hydrogen-bond donors (Lipinski definition) is 1. The number of Topliss-reactive ketones (excluding diaryl/α,β-unsaturated/α-hetero) is 1. The lowest BCUT2D eigenvalue weighted by atomic mass is 10.1. The summed E-state index contributed by atoms with van der Waals surface area (Å²) in [7, 11) is 0. The number of carboxylic acid groups (broad SMARTS) is 1. The minimum absolute atomic E-state index is 0.132. The van der Waals surface area contributed by atoms with E-state index >= 15 is 0 Å². The minimum atomic E-state index is -1.02. The van der Waals surface area contributed by atoms with Gasteiger partial charge in [0.05, 0.1) is 18.8 Å². The van der Waals surface area contributed by atoms with Gasteiger partial charge in [-0.05, 0) is 25.1 Å². The highest BCUT2D eigenvalue weighted by atomic mass is 16.5. The average molecular weight is 249 g/mol. The summed E-state index contributed by atoms with van der Waals surface area (Å²) in [6, 6.07) is 4.74. The van der Waals surface area contributed by atoms with E-state index in [2.05, 4.69) is 0 Å². The molecule has 0 aliphatic carbocycles. The molecular formula is C13H15NO4. The van der Waals surface area contributed by atoms with Gasteiger partial charge in [0.1, 0.15) is 0 Å². The van der Waals surface area contributed by atoms with E-state index in [4.69, 9.17) is 9.84 Å². The third-order valence-electron chi connectivity index (χ3n) is 2.95. The second-order valence-electron chi connectivity index (χ2n) is 4.23. The molecule has 1 aliphatic rings. The van der Waals surface area contributed by atoms with E-state index in [1.54, 1.807) is 12.1 Å². The van der Waals surface area contributed by atoms with E-state index in [-0.39, 0.29) is 11.3 Å². The minimum Gasteiger partial charge on any atom is -0.478 e. The Kier molecular flexibility index (Phi) is 3.62. The Balaban J connectivity index is 2.38. The van der Waals surface area contributed by atoms with Gasteiger partial charge in [0.2, 0.25) is 0 Å². The number of hydrogen-bond acceptors (Lipinski definition) is 4. The van der Waals surface area contributed by atoms with E-state index in [0.29, 0.717) is 31.9 Å². The van der Waals surface area contributed by atoms with Crippen LogP contribution in [0, 0.1) is 0 Å². The summed E-state index contributed by atoms with van der Waals surface area (Å²) in [5.41, 5.74) is 1.34. The SMILES string of the molecule is CC(=O)c1cc(C(=O)O)cc(N2CCOCC2)c1. The zero-order valence-corrected chi connectivity index (χ0v) is 10.2. The number of carboxylic acids is 1. The highest BCUT2D eigenvalue weighted by Crippen LogP contribution is 2.21. The molecule has 0 spiro atoms. The van der Waals surface area contributed by atoms with Crippen LogP contribution in [0.25, 0.3) is 0 Å². The largest absolute Gasteiger partial charge is 0.478 e. The fraction of sp³-hybridized carbons (Fsp3) is 0.385. The highest BCUT2D eigenvalue weighted by Gasteiger charge is 2.15. The average Bonchev–Trinajstić information content (AvgIpc) is 2.39. The Morgan fingerprint density at radius 1 is 1.17 bits per heavy atom. The van der Waals surface area contributed by atoms with E-state index in [1.165, 1.54) is 13.0 Å². The van der Waals surface area contributed by atoms with Gasteiger partial charge < -0.3 is 14.7 Å². The number of carbonyl (C=O) groups excluding carboxylic acids is 1. The number of ether oxygens (including phenoxy) is 1. The van der Waals surface area contributed by atoms with Crippen molar-refractivity contribution < 1.29 is 19.4 Å². The van der Waals surface area contributed by atoms with Crippen LogP contribution in [0.15, 0.2) is 18.2 Å². The smallest absolute Gasteiger partial charge is 0.335 e. The summed E-state index contributed by atoms with van der Waals surface area (Å²) in [6.45, 7) is 4.09. The van der Waals surface area contributed by atoms with Gasteiger partial charge in [0.25, 0.3) is 0 Å². The molecule has 0 bridgehead atoms. The van der Waals surface area contributed by atoms with Crippen molar-refractivity contribution in [2.24, 2.45) is 0 Å². The molecule has 1 aromatic carbocycles. The van der Waals surface area contributed by atoms with E-state index in [0.717, 1.165) is 5.69 Å². The fourth-order valence-corrected chi connectivity index (χ4v) is 1.94. The molecule has 1 N–H and O–H groups in total. The molecule has 1 fully saturated rings. The summed E-state index contributed by atoms with van der Waals surface area (Å²) in [6.07, 6.45) is 0. The zero-order valence-electron chi connectivity index (χ0n) is 10.2. The number of ketones is 1. The Morgan fingerprint density at radius 2 is 1.78 bits per heavy atom. The first kappa shape index (κ1) is 12.6. The van der Waals surface area contributed by atoms with Gasteiger partial charge in [-0.2, -0.15) is 0 Å². The van der Waals surface area contributed by atoms with Gasteiger partial charge in [-0.15, -0.1) is 0 Å². The van der Waals surface area contributed by atoms with Crippen LogP contribution in [-0.4, -0.2) is 43.2 Å². The first-order valence-electron chi connectivity index (χ1n) is 5.80. The third-order valence-corrected chi connectivity index (χ3v) is 2.95. The molecule has 0 aromatic heterocycles. The van der Waals surface area contributed by atoms with Crippen molar-refractivity contribution in [3.05, 3.63) is 29.3 Å². The summed E-state index contributed by atoms with van der Waals surface area (Å²) in [4.78, 5) is 24.5. The standard InChI is InChI=1S/C13H15NO4/c1-9(15)10-6-11(13(16)17)8-12(7-10)14-2-4-18-5-3-14/h6-8H,2-5H2,1H3,(H,16,17). The molecule has 18 heavy (non-hydrogen) atoms. The van der Waals surface area contributed by atoms with Gasteiger partial charge >= 0.3 is 5.97 Å². The fourth-order valence-electron chi connectivity index (χ4n) is 1.94. The molecule has 0 saturated carbocycles. The number of nitrogens with zero attached hydrogens (tertiary/aromatic N) is 1. The highest BCUT2D eigenvalue weighted by molar-refractivity contribution is 5.98. The van der Waals surface area contributed by atoms with Crippen molar-refractivity contribution >= 4 is 17.4 Å². The molecule has 5 nitrogen and oxygen atoms in total. The topological polar surface area (TPSA) is 66.8 Å². The molecule has 96 valence electrons. The van der Waals surface area contributed by atoms with E-state index in [1.807, 2.05) is 4.90 Å². The lowest BCUT2D eigenvalue weighted by molar-refractivity contribution is 0.0697. The van der Waals surface area contributed by atoms with Gasteiger partial charge in [-0.25, -0.2) is 4.79 Å². The normalized spacial score (nSPS) is 15.5. The Morgan fingerprint density at radius 3 is 2.33 bits per heavy atom. The predicted octanol–water partition coefficient (Wildman–Crippen LogP) is 1.42. The molecular weight excluding hydrogens is 234 g/mol. The summed E-state index contributed by atoms with van der Waals surface area (Å²) in [5.74, 6) is -1.15. The number of morpholine rings is 1. The quantitative estimate of drug-likeness (QED) is 0.821. The first-order chi connectivity index (χ1) is 8.58. The molecule has 0 amide bonds. The Bertz CT molecular complexity index is 446. The van der Waals surface area contributed by atoms with Crippen molar-refractivity contribution in [2.45, 2.75) is 6.92 Å². The van der Waals surface area contributed by atoms with Crippen LogP contribution >= 0.6 is 0 Å². The maximum atomic E-state index is 11.4. The summed E-state index contributed by atoms with van der Waals surface area (Å²) < 4.78 is 5.25. The van der Waals surface area contributed by atoms with Crippen molar-refractivity contribution in [3.8, 4) is 0 Å². The van der Waals surface area contributed by atoms with Gasteiger partial charge in [-0.1, -0.05) is 0 Å². The van der Waals surface area contributed by atoms with Crippen LogP contribution in [-0.2, 0) is 4.74 Å². The summed E-state index contributed by atoms with van der Waals surface area (Å²) >= 11 is 0. The molecule has 5 heteroatoms. The van der Waals surface area contributed by atoms with Crippen LogP contribution in [0.5, 0.6) is 0 Å². The molecule has 0 atom stereocenters. The van der Waals surface area contributed by atoms with Crippen LogP contribution in [0.4, 0.5) is 5.69 Å². The molecule has 0 radical (unpaired) electrons. The Labute approximate surface area is 105 Å². The second-order valence-corrected chi connectivity index (χ2v) is 4.23. The van der Waals surface area contributed by atoms with Crippen molar-refractivity contribution in [1.29, 1.82) is 0 Å². The first-order valence-corrected chi connectivity index (χ1v) is 5.80. The molecule has 1 heterocycles. The van der Waals surface area contributed by atoms with Gasteiger partial charge in [-0.3, -0.25) is 4.79 Å². The second kappa shape index (κ2) is 5.18. The predicted molar refractivity (Wildman–Crippen MR) is 66.4 cm³/mol. The number of benzene rings is 1. The molecule has 2 rings (SSSR count). The molecule has 0 unspecified atom stereocenters. The van der Waals surface area contributed by atoms with E-state index < -0.39 is 5.97 Å². The number of aromatic carboxylic acids is 1. The third kappa shape index (κ3) is 2.68. The molecule has 1 aromatic rings. The summed E-state index contributed by atoms with van der Waals surface area (Å²) in [5, 5.41) is 9.06. The Hall–Kier alpha value is -1.88. The molecule has 1 aliphatic heterocycles. The van der Waals surface area contributed by atoms with Crippen LogP contribution in [0.3, 0.4) is 0 Å². The maximum Gasteiger partial charge on any atom is 0.335 e. The van der Waals surface area contributed by atoms with Crippen LogP contribution in [0.2, 0.25) is 0 Å². The van der Waals surface area contributed by atoms with Gasteiger partial charge in [0.15, 0.2) is 5.78 Å². The maximum absolute atomic E-state index is 11.4. The lowest BCUT2D eigenvalue weighted by Gasteiger charge is -2.29. The van der Waals surface area contributed by atoms with Crippen molar-refractivity contribution in [1.82, 2.24) is 0 Å². The number of anilines is 1. The van der Waals surface area contributed by atoms with Gasteiger partial charge in [0, 0.05) is 24.3 Å². The van der Waals surface area contributed by atoms with Crippen molar-refractivity contribution in [2.75, 3.05) is 31.2 Å². The lowest BCUT2D eigenvalue weighted by Crippen LogP contribution is -2.36. The van der Waals surface area contributed by atoms with Crippen LogP contribution < -0.4 is 4.90 Å². The molecule has 1 saturated heterocycles. The number of rotatable bonds is 3. The van der Waals surface area contributed by atoms with Crippen molar-refractivity contribution in [3.63, 3.8) is 0 Å².